The van der Waals surface area contributed by atoms with Gasteiger partial charge in [0, 0.05) is 17.0 Å². The fourth-order valence-corrected chi connectivity index (χ4v) is 6.75. The molecule has 0 radical (unpaired) electrons. The molecule has 0 unspecified atom stereocenters. The largest absolute Gasteiger partial charge is 0.460 e. The van der Waals surface area contributed by atoms with Crippen LogP contribution in [0.25, 0.3) is 0 Å². The number of piperidine rings is 1. The average molecular weight is 526 g/mol. The van der Waals surface area contributed by atoms with E-state index in [2.05, 4.69) is 66.6 Å². The van der Waals surface area contributed by atoms with Crippen molar-refractivity contribution < 1.29 is 23.9 Å². The van der Waals surface area contributed by atoms with Crippen LogP contribution in [0.2, 0.25) is 18.1 Å². The van der Waals surface area contributed by atoms with Gasteiger partial charge in [-0.2, -0.15) is 5.06 Å². The highest BCUT2D eigenvalue weighted by molar-refractivity contribution is 6.74. The predicted octanol–water partition coefficient (Wildman–Crippen LogP) is 6.63. The molecule has 6 nitrogen and oxygen atoms in total. The van der Waals surface area contributed by atoms with Crippen molar-refractivity contribution in [2.75, 3.05) is 0 Å². The van der Waals surface area contributed by atoms with Crippen LogP contribution in [0.3, 0.4) is 0 Å². The molecule has 7 heteroatoms. The number of hydrogen-bond donors (Lipinski definition) is 1. The number of hydroxylamine groups is 2. The lowest BCUT2D eigenvalue weighted by Crippen LogP contribution is -2.59. The quantitative estimate of drug-likeness (QED) is 0.228. The summed E-state index contributed by atoms with van der Waals surface area (Å²) < 4.78 is 12.5. The van der Waals surface area contributed by atoms with Gasteiger partial charge >= 0.3 is 5.97 Å². The molecular weight excluding hydrogens is 470 g/mol. The van der Waals surface area contributed by atoms with Gasteiger partial charge < -0.3 is 14.3 Å². The van der Waals surface area contributed by atoms with Crippen LogP contribution in [-0.4, -0.2) is 59.4 Å². The Morgan fingerprint density at radius 1 is 1.06 bits per heavy atom. The summed E-state index contributed by atoms with van der Waals surface area (Å²) in [6, 6.07) is 0. The molecular formula is C29H55NO5Si. The van der Waals surface area contributed by atoms with Crippen LogP contribution < -0.4 is 0 Å². The highest BCUT2D eigenvalue weighted by atomic mass is 28.4. The van der Waals surface area contributed by atoms with Gasteiger partial charge in [-0.3, -0.25) is 9.63 Å². The molecule has 1 heterocycles. The molecule has 2 aliphatic rings. The third kappa shape index (κ3) is 7.65. The summed E-state index contributed by atoms with van der Waals surface area (Å²) in [5, 5.41) is 13.2. The molecule has 0 aromatic rings. The number of esters is 1. The number of carbonyl (C=O) groups is 1. The van der Waals surface area contributed by atoms with Crippen LogP contribution in [0.5, 0.6) is 0 Å². The number of carbonyl (C=O) groups excluding carboxylic acids is 1. The van der Waals surface area contributed by atoms with E-state index in [1.54, 1.807) is 0 Å². The molecule has 1 saturated carbocycles. The van der Waals surface area contributed by atoms with Crippen LogP contribution in [0.4, 0.5) is 0 Å². The van der Waals surface area contributed by atoms with E-state index in [0.29, 0.717) is 6.42 Å². The lowest BCUT2D eigenvalue weighted by molar-refractivity contribution is -0.293. The maximum absolute atomic E-state index is 13.2. The molecule has 1 saturated heterocycles. The maximum atomic E-state index is 13.2. The molecule has 0 aromatic carbocycles. The summed E-state index contributed by atoms with van der Waals surface area (Å²) in [5.41, 5.74) is -0.730. The Hall–Kier alpha value is -0.733. The summed E-state index contributed by atoms with van der Waals surface area (Å²) in [5.74, 6) is -1.31. The topological polar surface area (TPSA) is 68.2 Å². The fourth-order valence-electron chi connectivity index (χ4n) is 5.39. The number of rotatable bonds is 7. The smallest absolute Gasteiger partial charge is 0.312 e. The van der Waals surface area contributed by atoms with Crippen LogP contribution >= 0.6 is 0 Å². The van der Waals surface area contributed by atoms with Gasteiger partial charge in [0.25, 0.3) is 0 Å². The molecule has 2 fully saturated rings. The molecule has 1 aliphatic carbocycles. The SMILES string of the molecule is C[C@H](C=C[C@@H]1[C@@H](C(=O)OC(C)(C)C)[C@H](O)C[C@H]1O[Si](C)(C)C(C)(C)C)ON1C(C)(C)CCCC1(C)C. The van der Waals surface area contributed by atoms with E-state index in [9.17, 15) is 9.90 Å². The van der Waals surface area contributed by atoms with E-state index >= 15 is 0 Å². The van der Waals surface area contributed by atoms with Gasteiger partial charge in [-0.05, 0) is 99.2 Å². The monoisotopic (exact) mass is 525 g/mol. The molecule has 0 aromatic heterocycles. The van der Waals surface area contributed by atoms with E-state index in [4.69, 9.17) is 14.0 Å². The summed E-state index contributed by atoms with van der Waals surface area (Å²) >= 11 is 0. The van der Waals surface area contributed by atoms with Crippen molar-refractivity contribution in [3.63, 3.8) is 0 Å². The lowest BCUT2D eigenvalue weighted by atomic mass is 9.82. The molecule has 210 valence electrons. The number of aliphatic hydroxyl groups excluding tert-OH is 1. The summed E-state index contributed by atoms with van der Waals surface area (Å²) in [4.78, 5) is 19.7. The molecule has 1 N–H and O–H groups in total. The molecule has 1 aliphatic heterocycles. The van der Waals surface area contributed by atoms with E-state index in [1.807, 2.05) is 39.8 Å². The number of hydrogen-bond acceptors (Lipinski definition) is 6. The third-order valence-corrected chi connectivity index (χ3v) is 12.7. The minimum atomic E-state index is -2.12. The molecule has 0 amide bonds. The van der Waals surface area contributed by atoms with Crippen molar-refractivity contribution in [2.45, 2.75) is 155 Å². The lowest BCUT2D eigenvalue weighted by Gasteiger charge is -2.52. The maximum Gasteiger partial charge on any atom is 0.312 e. The second-order valence-corrected chi connectivity index (χ2v) is 19.6. The zero-order valence-corrected chi connectivity index (χ0v) is 26.4. The second-order valence-electron chi connectivity index (χ2n) is 14.8. The third-order valence-electron chi connectivity index (χ3n) is 8.22. The van der Waals surface area contributed by atoms with Gasteiger partial charge in [-0.25, -0.2) is 0 Å². The highest BCUT2D eigenvalue weighted by Gasteiger charge is 2.51. The van der Waals surface area contributed by atoms with Crippen LogP contribution in [-0.2, 0) is 18.8 Å². The number of ether oxygens (including phenoxy) is 1. The Bertz CT molecular complexity index is 776. The molecule has 36 heavy (non-hydrogen) atoms. The first kappa shape index (κ1) is 31.5. The molecule has 0 bridgehead atoms. The number of aliphatic hydroxyl groups is 1. The highest BCUT2D eigenvalue weighted by Crippen LogP contribution is 2.44. The van der Waals surface area contributed by atoms with E-state index in [1.165, 1.54) is 6.42 Å². The normalized spacial score (nSPS) is 30.5. The van der Waals surface area contributed by atoms with Crippen LogP contribution in [0, 0.1) is 11.8 Å². The Labute approximate surface area is 222 Å². The van der Waals surface area contributed by atoms with Gasteiger partial charge in [0.2, 0.25) is 0 Å². The van der Waals surface area contributed by atoms with Gasteiger partial charge in [-0.15, -0.1) is 0 Å². The van der Waals surface area contributed by atoms with Gasteiger partial charge in [0.1, 0.15) is 5.60 Å². The van der Waals surface area contributed by atoms with Crippen molar-refractivity contribution in [2.24, 2.45) is 11.8 Å². The van der Waals surface area contributed by atoms with Crippen molar-refractivity contribution >= 4 is 14.3 Å². The molecule has 0 spiro atoms. The van der Waals surface area contributed by atoms with Crippen LogP contribution in [0.15, 0.2) is 12.2 Å². The van der Waals surface area contributed by atoms with Gasteiger partial charge in [0.15, 0.2) is 8.32 Å². The summed E-state index contributed by atoms with van der Waals surface area (Å²) in [6.07, 6.45) is 6.62. The minimum Gasteiger partial charge on any atom is -0.460 e. The van der Waals surface area contributed by atoms with Crippen LogP contribution in [0.1, 0.15) is 102 Å². The fraction of sp³-hybridized carbons (Fsp3) is 0.897. The Morgan fingerprint density at radius 3 is 2.06 bits per heavy atom. The zero-order valence-electron chi connectivity index (χ0n) is 25.4. The molecule has 5 atom stereocenters. The Balaban J connectivity index is 2.31. The second kappa shape index (κ2) is 10.8. The van der Waals surface area contributed by atoms with Crippen molar-refractivity contribution in [1.82, 2.24) is 5.06 Å². The van der Waals surface area contributed by atoms with Crippen molar-refractivity contribution in [1.29, 1.82) is 0 Å². The van der Waals surface area contributed by atoms with E-state index < -0.39 is 25.9 Å². The first-order chi connectivity index (χ1) is 16.1. The van der Waals surface area contributed by atoms with Gasteiger partial charge in [0.05, 0.1) is 24.2 Å². The van der Waals surface area contributed by atoms with E-state index in [0.717, 1.165) is 12.8 Å². The van der Waals surface area contributed by atoms with Crippen molar-refractivity contribution in [3.05, 3.63) is 12.2 Å². The standard InChI is InChI=1S/C29H55NO5Si/c1-20(34-30-28(8,9)17-14-18-29(30,10)11)15-16-21-23(35-36(12,13)27(5,6)7)19-22(31)24(21)25(32)33-26(2,3)4/h15-16,20-24,31H,14,17-19H2,1-13H3/t20-,21+,22-,23-,24-/m1/s1. The molecule has 2 rings (SSSR count). The first-order valence-electron chi connectivity index (χ1n) is 13.8. The zero-order chi connectivity index (χ0) is 27.9. The predicted molar refractivity (Wildman–Crippen MR) is 149 cm³/mol. The summed E-state index contributed by atoms with van der Waals surface area (Å²) in [7, 11) is -2.12. The minimum absolute atomic E-state index is 0.0258. The first-order valence-corrected chi connectivity index (χ1v) is 16.7. The number of nitrogens with zero attached hydrogens (tertiary/aromatic N) is 1. The Kier molecular flexibility index (Phi) is 9.44. The summed E-state index contributed by atoms with van der Waals surface area (Å²) in [6.45, 7) is 27.6. The van der Waals surface area contributed by atoms with Gasteiger partial charge in [-0.1, -0.05) is 32.9 Å². The average Bonchev–Trinajstić information content (AvgIpc) is 2.94. The Morgan fingerprint density at radius 2 is 1.58 bits per heavy atom. The van der Waals surface area contributed by atoms with E-state index in [-0.39, 0.29) is 40.2 Å². The van der Waals surface area contributed by atoms with Crippen molar-refractivity contribution in [3.8, 4) is 0 Å².